The predicted molar refractivity (Wildman–Crippen MR) is 44.4 cm³/mol. The molecule has 0 spiro atoms. The molecule has 5 nitrogen and oxygen atoms in total. The molecule has 3 rings (SSSR count). The average molecular weight is 202 g/mol. The van der Waals surface area contributed by atoms with Crippen LogP contribution in [0.1, 0.15) is 13.8 Å². The molecule has 0 bridgehead atoms. The van der Waals surface area contributed by atoms with E-state index in [9.17, 15) is 5.11 Å². The lowest BCUT2D eigenvalue weighted by molar-refractivity contribution is -0.216. The summed E-state index contributed by atoms with van der Waals surface area (Å²) >= 11 is 0. The number of aliphatic hydroxyl groups is 1. The average Bonchev–Trinajstić information content (AvgIpc) is 2.81. The van der Waals surface area contributed by atoms with Gasteiger partial charge in [-0.15, -0.1) is 0 Å². The van der Waals surface area contributed by atoms with Crippen molar-refractivity contribution < 1.29 is 24.1 Å². The van der Waals surface area contributed by atoms with Crippen molar-refractivity contribution in [2.75, 3.05) is 6.61 Å². The Morgan fingerprint density at radius 2 is 1.93 bits per heavy atom. The minimum Gasteiger partial charge on any atom is -0.387 e. The van der Waals surface area contributed by atoms with E-state index in [0.717, 1.165) is 0 Å². The third kappa shape index (κ3) is 1.28. The van der Waals surface area contributed by atoms with Crippen LogP contribution in [0.2, 0.25) is 0 Å². The highest BCUT2D eigenvalue weighted by Crippen LogP contribution is 2.40. The normalized spacial score (nSPS) is 54.6. The molecule has 0 aromatic carbocycles. The second-order valence-electron chi connectivity index (χ2n) is 4.43. The third-order valence-corrected chi connectivity index (χ3v) is 2.78. The lowest BCUT2D eigenvalue weighted by Gasteiger charge is -2.21. The Balaban J connectivity index is 1.74. The van der Waals surface area contributed by atoms with Gasteiger partial charge in [0.05, 0.1) is 6.61 Å². The third-order valence-electron chi connectivity index (χ3n) is 2.78. The Labute approximate surface area is 81.9 Å². The van der Waals surface area contributed by atoms with Gasteiger partial charge in [-0.05, 0) is 13.8 Å². The number of aliphatic hydroxyl groups excluding tert-OH is 1. The van der Waals surface area contributed by atoms with Crippen molar-refractivity contribution in [2.45, 2.75) is 50.3 Å². The highest BCUT2D eigenvalue weighted by molar-refractivity contribution is 4.98. The Bertz CT molecular complexity index is 248. The maximum Gasteiger partial charge on any atom is 0.190 e. The minimum atomic E-state index is -0.661. The first-order valence-corrected chi connectivity index (χ1v) is 4.88. The van der Waals surface area contributed by atoms with E-state index >= 15 is 0 Å². The van der Waals surface area contributed by atoms with Crippen molar-refractivity contribution in [1.82, 2.24) is 0 Å². The molecule has 3 aliphatic heterocycles. The fourth-order valence-electron chi connectivity index (χ4n) is 2.07. The van der Waals surface area contributed by atoms with Gasteiger partial charge in [0.15, 0.2) is 12.1 Å². The number of ether oxygens (including phenoxy) is 4. The van der Waals surface area contributed by atoms with Gasteiger partial charge in [-0.3, -0.25) is 0 Å². The first-order chi connectivity index (χ1) is 6.57. The lowest BCUT2D eigenvalue weighted by Crippen LogP contribution is -2.37. The van der Waals surface area contributed by atoms with Crippen molar-refractivity contribution in [3.8, 4) is 0 Å². The molecule has 0 aliphatic carbocycles. The van der Waals surface area contributed by atoms with Gasteiger partial charge in [0.2, 0.25) is 0 Å². The van der Waals surface area contributed by atoms with Crippen LogP contribution in [-0.2, 0) is 18.9 Å². The molecule has 0 unspecified atom stereocenters. The molecule has 3 aliphatic rings. The summed E-state index contributed by atoms with van der Waals surface area (Å²) in [5.74, 6) is -0.661. The maximum absolute atomic E-state index is 9.89. The molecule has 3 saturated heterocycles. The van der Waals surface area contributed by atoms with Crippen molar-refractivity contribution in [2.24, 2.45) is 0 Å². The fourth-order valence-corrected chi connectivity index (χ4v) is 2.07. The minimum absolute atomic E-state index is 0.0194. The van der Waals surface area contributed by atoms with Gasteiger partial charge in [-0.1, -0.05) is 0 Å². The smallest absolute Gasteiger partial charge is 0.190 e. The quantitative estimate of drug-likeness (QED) is 0.587. The summed E-state index contributed by atoms with van der Waals surface area (Å²) in [6.07, 6.45) is -1.74. The molecule has 5 heteroatoms. The molecular weight excluding hydrogens is 188 g/mol. The van der Waals surface area contributed by atoms with Gasteiger partial charge in [-0.2, -0.15) is 0 Å². The van der Waals surface area contributed by atoms with Crippen LogP contribution in [-0.4, -0.2) is 48.2 Å². The van der Waals surface area contributed by atoms with E-state index in [-0.39, 0.29) is 18.3 Å². The van der Waals surface area contributed by atoms with Gasteiger partial charge < -0.3 is 24.1 Å². The largest absolute Gasteiger partial charge is 0.387 e. The van der Waals surface area contributed by atoms with E-state index in [1.165, 1.54) is 0 Å². The van der Waals surface area contributed by atoms with Crippen LogP contribution < -0.4 is 0 Å². The molecular formula is C9H14O5. The molecule has 0 aromatic heterocycles. The van der Waals surface area contributed by atoms with Crippen molar-refractivity contribution in [3.63, 3.8) is 0 Å². The Morgan fingerprint density at radius 3 is 2.50 bits per heavy atom. The summed E-state index contributed by atoms with van der Waals surface area (Å²) in [5.41, 5.74) is 0. The van der Waals surface area contributed by atoms with Crippen molar-refractivity contribution in [1.29, 1.82) is 0 Å². The zero-order chi connectivity index (χ0) is 9.92. The van der Waals surface area contributed by atoms with E-state index < -0.39 is 18.2 Å². The highest BCUT2D eigenvalue weighted by atomic mass is 16.8. The summed E-state index contributed by atoms with van der Waals surface area (Å²) in [5, 5.41) is 9.89. The van der Waals surface area contributed by atoms with Crippen molar-refractivity contribution >= 4 is 0 Å². The molecule has 0 amide bonds. The summed E-state index contributed by atoms with van der Waals surface area (Å²) in [6, 6.07) is 0. The number of epoxide rings is 1. The summed E-state index contributed by atoms with van der Waals surface area (Å²) in [4.78, 5) is 0. The molecule has 0 radical (unpaired) electrons. The van der Waals surface area contributed by atoms with Crippen LogP contribution in [0.15, 0.2) is 0 Å². The molecule has 5 atom stereocenters. The lowest BCUT2D eigenvalue weighted by atomic mass is 10.1. The Hall–Kier alpha value is -0.200. The number of hydrogen-bond donors (Lipinski definition) is 1. The van der Waals surface area contributed by atoms with Crippen LogP contribution >= 0.6 is 0 Å². The number of rotatable bonds is 1. The van der Waals surface area contributed by atoms with E-state index in [1.54, 1.807) is 0 Å². The Kier molecular flexibility index (Phi) is 1.73. The van der Waals surface area contributed by atoms with Crippen LogP contribution in [0.3, 0.4) is 0 Å². The summed E-state index contributed by atoms with van der Waals surface area (Å²) in [7, 11) is 0. The van der Waals surface area contributed by atoms with Gasteiger partial charge in [0.25, 0.3) is 0 Å². The van der Waals surface area contributed by atoms with Crippen LogP contribution in [0.25, 0.3) is 0 Å². The molecule has 3 heterocycles. The standard InChI is InChI=1S/C9H14O5/c1-9(2)13-7-5(10)6(4-3-11-4)12-8(7)14-9/h4-8,10H,3H2,1-2H3/t4-,5+,6+,7-,8-/m0/s1. The van der Waals surface area contributed by atoms with E-state index in [4.69, 9.17) is 18.9 Å². The second kappa shape index (κ2) is 2.68. The first-order valence-electron chi connectivity index (χ1n) is 4.88. The molecule has 0 aromatic rings. The molecule has 1 N–H and O–H groups in total. The summed E-state index contributed by atoms with van der Waals surface area (Å²) < 4.78 is 21.7. The Morgan fingerprint density at radius 1 is 1.21 bits per heavy atom. The zero-order valence-electron chi connectivity index (χ0n) is 8.17. The molecule has 3 fully saturated rings. The van der Waals surface area contributed by atoms with Crippen LogP contribution in [0.5, 0.6) is 0 Å². The monoisotopic (exact) mass is 202 g/mol. The zero-order valence-corrected chi connectivity index (χ0v) is 8.17. The van der Waals surface area contributed by atoms with Crippen LogP contribution in [0.4, 0.5) is 0 Å². The second-order valence-corrected chi connectivity index (χ2v) is 4.43. The topological polar surface area (TPSA) is 60.5 Å². The van der Waals surface area contributed by atoms with E-state index in [2.05, 4.69) is 0 Å². The number of fused-ring (bicyclic) bond motifs is 1. The summed E-state index contributed by atoms with van der Waals surface area (Å²) in [6.45, 7) is 4.28. The SMILES string of the molecule is CC1(C)O[C@@H]2O[C@H]([C@@H]3CO3)[C@@H](O)[C@@H]2O1. The highest BCUT2D eigenvalue weighted by Gasteiger charge is 2.58. The predicted octanol–water partition coefficient (Wildman–Crippen LogP) is -0.378. The molecule has 0 saturated carbocycles. The van der Waals surface area contributed by atoms with Gasteiger partial charge in [-0.25, -0.2) is 0 Å². The number of hydrogen-bond acceptors (Lipinski definition) is 5. The molecule has 14 heavy (non-hydrogen) atoms. The van der Waals surface area contributed by atoms with Gasteiger partial charge in [0.1, 0.15) is 24.4 Å². The van der Waals surface area contributed by atoms with E-state index in [1.807, 2.05) is 13.8 Å². The maximum atomic E-state index is 9.89. The fraction of sp³-hybridized carbons (Fsp3) is 1.00. The van der Waals surface area contributed by atoms with Gasteiger partial charge >= 0.3 is 0 Å². The van der Waals surface area contributed by atoms with Crippen LogP contribution in [0, 0.1) is 0 Å². The molecule has 80 valence electrons. The van der Waals surface area contributed by atoms with Gasteiger partial charge in [0, 0.05) is 0 Å². The van der Waals surface area contributed by atoms with Crippen molar-refractivity contribution in [3.05, 3.63) is 0 Å². The van der Waals surface area contributed by atoms with E-state index in [0.29, 0.717) is 6.61 Å². The first kappa shape index (κ1) is 9.06.